The molecule has 6 aromatic rings. The SMILES string of the molecule is CC1Cc2c(oc3ccc(-n4c5c(c6ccccc64)C=CCC5)cc23)C2=C1C1CC(n3c4c(c5ccccc53)C=CCC4)C=CC1O2. The molecule has 0 amide bonds. The second kappa shape index (κ2) is 9.54. The zero-order valence-corrected chi connectivity index (χ0v) is 26.6. The number of rotatable bonds is 2. The molecule has 3 aromatic carbocycles. The Morgan fingerprint density at radius 1 is 0.766 bits per heavy atom. The van der Waals surface area contributed by atoms with E-state index in [4.69, 9.17) is 9.15 Å². The molecule has 4 heterocycles. The molecular weight excluding hydrogens is 576 g/mol. The van der Waals surface area contributed by atoms with E-state index in [1.807, 2.05) is 0 Å². The standard InChI is InChI=1S/C43H36N2O2/c1-25-22-33-32-23-26(44-35-14-6-2-10-28(35)29-11-3-7-15-36(29)44)18-20-39(32)46-42(33)43-41(25)34-24-27(19-21-40(34)47-43)45-37-16-8-4-12-30(37)31-13-5-9-17-38(31)45/h2-6,8,10-14,16,18-21,23,25,27,34,40H,7,9,15,17,22,24H2,1H3. The van der Waals surface area contributed by atoms with Gasteiger partial charge in [-0.05, 0) is 86.4 Å². The van der Waals surface area contributed by atoms with Crippen LogP contribution in [0.3, 0.4) is 0 Å². The molecule has 4 heteroatoms. The van der Waals surface area contributed by atoms with E-state index < -0.39 is 0 Å². The van der Waals surface area contributed by atoms with Gasteiger partial charge in [0.15, 0.2) is 11.5 Å². The van der Waals surface area contributed by atoms with Crippen LogP contribution in [0.1, 0.15) is 66.1 Å². The molecule has 0 spiro atoms. The largest absolute Gasteiger partial charge is 0.482 e. The van der Waals surface area contributed by atoms with Crippen molar-refractivity contribution in [3.05, 3.63) is 130 Å². The monoisotopic (exact) mass is 612 g/mol. The maximum Gasteiger partial charge on any atom is 0.173 e. The molecule has 0 bridgehead atoms. The third kappa shape index (κ3) is 3.53. The maximum atomic E-state index is 6.86. The summed E-state index contributed by atoms with van der Waals surface area (Å²) in [7, 11) is 0. The first kappa shape index (κ1) is 26.1. The molecule has 0 saturated carbocycles. The van der Waals surface area contributed by atoms with Gasteiger partial charge in [0.2, 0.25) is 0 Å². The van der Waals surface area contributed by atoms with Gasteiger partial charge in [-0.25, -0.2) is 0 Å². The number of aromatic nitrogens is 2. The first-order chi connectivity index (χ1) is 23.2. The fraction of sp³-hybridized carbons (Fsp3) is 0.256. The molecular formula is C43H36N2O2. The van der Waals surface area contributed by atoms with E-state index in [0.717, 1.165) is 55.6 Å². The van der Waals surface area contributed by atoms with E-state index in [-0.39, 0.29) is 6.10 Å². The zero-order chi connectivity index (χ0) is 30.8. The van der Waals surface area contributed by atoms with Crippen molar-refractivity contribution in [3.8, 4) is 5.69 Å². The fourth-order valence-corrected chi connectivity index (χ4v) is 9.74. The van der Waals surface area contributed by atoms with Gasteiger partial charge in [0.05, 0.1) is 11.6 Å². The summed E-state index contributed by atoms with van der Waals surface area (Å²) in [4.78, 5) is 0. The predicted molar refractivity (Wildman–Crippen MR) is 191 cm³/mol. The maximum absolute atomic E-state index is 6.86. The average molecular weight is 613 g/mol. The Balaban J connectivity index is 1.01. The second-order valence-corrected chi connectivity index (χ2v) is 14.2. The van der Waals surface area contributed by atoms with Gasteiger partial charge in [-0.3, -0.25) is 0 Å². The van der Waals surface area contributed by atoms with E-state index in [1.54, 1.807) is 0 Å². The van der Waals surface area contributed by atoms with Crippen LogP contribution in [0.2, 0.25) is 0 Å². The zero-order valence-electron chi connectivity index (χ0n) is 26.6. The molecule has 47 heavy (non-hydrogen) atoms. The molecule has 230 valence electrons. The van der Waals surface area contributed by atoms with Crippen LogP contribution in [0.5, 0.6) is 0 Å². The lowest BCUT2D eigenvalue weighted by Gasteiger charge is -2.32. The first-order valence-corrected chi connectivity index (χ1v) is 17.5. The number of fused-ring (bicyclic) bond motifs is 12. The molecule has 0 fully saturated rings. The lowest BCUT2D eigenvalue weighted by Crippen LogP contribution is -2.28. The summed E-state index contributed by atoms with van der Waals surface area (Å²) in [6.45, 7) is 2.40. The van der Waals surface area contributed by atoms with Crippen LogP contribution in [0.4, 0.5) is 0 Å². The van der Waals surface area contributed by atoms with Gasteiger partial charge in [0, 0.05) is 61.4 Å². The quantitative estimate of drug-likeness (QED) is 0.182. The molecule has 0 N–H and O–H groups in total. The third-order valence-electron chi connectivity index (χ3n) is 11.7. The van der Waals surface area contributed by atoms with Crippen molar-refractivity contribution in [2.45, 2.75) is 57.6 Å². The van der Waals surface area contributed by atoms with Crippen molar-refractivity contribution < 1.29 is 9.15 Å². The highest BCUT2D eigenvalue weighted by atomic mass is 16.5. The Bertz CT molecular complexity index is 2440. The van der Waals surface area contributed by atoms with Crippen LogP contribution in [-0.2, 0) is 24.0 Å². The minimum Gasteiger partial charge on any atom is -0.482 e. The summed E-state index contributed by atoms with van der Waals surface area (Å²) in [6.07, 6.45) is 20.5. The van der Waals surface area contributed by atoms with Crippen molar-refractivity contribution in [1.82, 2.24) is 9.13 Å². The van der Waals surface area contributed by atoms with Crippen LogP contribution in [0.25, 0.3) is 56.4 Å². The van der Waals surface area contributed by atoms with Crippen molar-refractivity contribution in [1.29, 1.82) is 0 Å². The summed E-state index contributed by atoms with van der Waals surface area (Å²) in [6, 6.07) is 24.9. The first-order valence-electron chi connectivity index (χ1n) is 17.5. The van der Waals surface area contributed by atoms with Crippen molar-refractivity contribution in [2.75, 3.05) is 0 Å². The second-order valence-electron chi connectivity index (χ2n) is 14.2. The normalized spacial score (nSPS) is 24.0. The highest BCUT2D eigenvalue weighted by Gasteiger charge is 2.46. The van der Waals surface area contributed by atoms with Crippen LogP contribution in [0.15, 0.2) is 101 Å². The number of hydrogen-bond acceptors (Lipinski definition) is 2. The van der Waals surface area contributed by atoms with Gasteiger partial charge < -0.3 is 18.3 Å². The summed E-state index contributed by atoms with van der Waals surface area (Å²) < 4.78 is 18.7. The molecule has 4 aliphatic carbocycles. The fourth-order valence-electron chi connectivity index (χ4n) is 9.74. The van der Waals surface area contributed by atoms with E-state index in [0.29, 0.717) is 17.9 Å². The van der Waals surface area contributed by atoms with Crippen molar-refractivity contribution >= 4 is 50.7 Å². The summed E-state index contributed by atoms with van der Waals surface area (Å²) in [5.74, 6) is 2.72. The van der Waals surface area contributed by atoms with Gasteiger partial charge in [0.1, 0.15) is 11.7 Å². The van der Waals surface area contributed by atoms with Crippen molar-refractivity contribution in [3.63, 3.8) is 0 Å². The molecule has 5 aliphatic rings. The average Bonchev–Trinajstić information content (AvgIpc) is 3.86. The van der Waals surface area contributed by atoms with Gasteiger partial charge in [-0.1, -0.05) is 73.7 Å². The molecule has 4 unspecified atom stereocenters. The van der Waals surface area contributed by atoms with E-state index in [1.165, 1.54) is 66.5 Å². The lowest BCUT2D eigenvalue weighted by atomic mass is 9.75. The van der Waals surface area contributed by atoms with Gasteiger partial charge in [-0.15, -0.1) is 0 Å². The topological polar surface area (TPSA) is 32.2 Å². The molecule has 11 rings (SSSR count). The summed E-state index contributed by atoms with van der Waals surface area (Å²) in [5, 5.41) is 3.92. The highest BCUT2D eigenvalue weighted by Crippen LogP contribution is 2.53. The minimum absolute atomic E-state index is 0.0665. The highest BCUT2D eigenvalue weighted by molar-refractivity contribution is 5.95. The van der Waals surface area contributed by atoms with Gasteiger partial charge >= 0.3 is 0 Å². The number of nitrogens with zero attached hydrogens (tertiary/aromatic N) is 2. The van der Waals surface area contributed by atoms with E-state index in [2.05, 4.69) is 119 Å². The van der Waals surface area contributed by atoms with E-state index >= 15 is 0 Å². The van der Waals surface area contributed by atoms with Crippen LogP contribution >= 0.6 is 0 Å². The predicted octanol–water partition coefficient (Wildman–Crippen LogP) is 10.4. The molecule has 0 radical (unpaired) electrons. The Labute approximate surface area is 273 Å². The third-order valence-corrected chi connectivity index (χ3v) is 11.7. The lowest BCUT2D eigenvalue weighted by molar-refractivity contribution is 0.171. The van der Waals surface area contributed by atoms with Gasteiger partial charge in [-0.2, -0.15) is 0 Å². The Hall–Kier alpha value is -4.96. The number of allylic oxidation sites excluding steroid dienone is 3. The summed E-state index contributed by atoms with van der Waals surface area (Å²) in [5.41, 5.74) is 13.2. The molecule has 4 nitrogen and oxygen atoms in total. The summed E-state index contributed by atoms with van der Waals surface area (Å²) >= 11 is 0. The number of hydrogen-bond donors (Lipinski definition) is 0. The Morgan fingerprint density at radius 3 is 2.36 bits per heavy atom. The van der Waals surface area contributed by atoms with Crippen LogP contribution < -0.4 is 0 Å². The molecule has 3 aromatic heterocycles. The number of benzene rings is 3. The smallest absolute Gasteiger partial charge is 0.173 e. The number of para-hydroxylation sites is 2. The van der Waals surface area contributed by atoms with Crippen LogP contribution in [0, 0.1) is 11.8 Å². The Kier molecular flexibility index (Phi) is 5.31. The minimum atomic E-state index is 0.0665. The number of ether oxygens (including phenoxy) is 1. The molecule has 0 saturated heterocycles. The Morgan fingerprint density at radius 2 is 1.51 bits per heavy atom. The van der Waals surface area contributed by atoms with Gasteiger partial charge in [0.25, 0.3) is 0 Å². The molecule has 1 aliphatic heterocycles. The molecule has 4 atom stereocenters. The van der Waals surface area contributed by atoms with Crippen LogP contribution in [-0.4, -0.2) is 15.2 Å². The van der Waals surface area contributed by atoms with E-state index in [9.17, 15) is 0 Å². The number of furan rings is 1. The van der Waals surface area contributed by atoms with Crippen molar-refractivity contribution in [2.24, 2.45) is 11.8 Å².